The van der Waals surface area contributed by atoms with Crippen molar-refractivity contribution in [3.8, 4) is 0 Å². The fraction of sp³-hybridized carbons (Fsp3) is 0.889. The molecule has 0 amide bonds. The first-order chi connectivity index (χ1) is 21.8. The number of hydrogen-bond donors (Lipinski definition) is 0. The Morgan fingerprint density at radius 2 is 1.57 bits per heavy atom. The number of ether oxygens (including phenoxy) is 5. The number of morpholine rings is 1. The molecule has 0 unspecified atom stereocenters. The van der Waals surface area contributed by atoms with Crippen LogP contribution in [-0.4, -0.2) is 86.5 Å². The zero-order valence-corrected chi connectivity index (χ0v) is 28.9. The number of hydrogen-bond acceptors (Lipinski definition) is 10. The molecular formula is C36H57NO9. The summed E-state index contributed by atoms with van der Waals surface area (Å²) < 4.78 is 29.1. The lowest BCUT2D eigenvalue weighted by atomic mass is 9.43. The number of carbonyl (C=O) groups excluding carboxylic acids is 4. The molecule has 4 aliphatic carbocycles. The van der Waals surface area contributed by atoms with Crippen LogP contribution in [0, 0.1) is 46.3 Å². The molecule has 46 heavy (non-hydrogen) atoms. The average molecular weight is 648 g/mol. The predicted molar refractivity (Wildman–Crippen MR) is 169 cm³/mol. The fourth-order valence-electron chi connectivity index (χ4n) is 10.8. The first-order valence-corrected chi connectivity index (χ1v) is 17.8. The molecule has 5 fully saturated rings. The van der Waals surface area contributed by atoms with Crippen molar-refractivity contribution >= 4 is 23.9 Å². The lowest BCUT2D eigenvalue weighted by Crippen LogP contribution is -2.63. The molecule has 0 aromatic heterocycles. The maximum atomic E-state index is 12.8. The van der Waals surface area contributed by atoms with E-state index in [-0.39, 0.29) is 88.5 Å². The van der Waals surface area contributed by atoms with Gasteiger partial charge in [0.1, 0.15) is 24.9 Å². The van der Waals surface area contributed by atoms with Gasteiger partial charge in [-0.1, -0.05) is 20.8 Å². The molecule has 5 aliphatic rings. The first kappa shape index (κ1) is 35.1. The van der Waals surface area contributed by atoms with Crippen molar-refractivity contribution in [1.29, 1.82) is 0 Å². The molecule has 1 heterocycles. The second-order valence-corrected chi connectivity index (χ2v) is 15.5. The third kappa shape index (κ3) is 7.27. The minimum absolute atomic E-state index is 0.0353. The van der Waals surface area contributed by atoms with E-state index in [1.165, 1.54) is 20.8 Å². The molecule has 11 atom stereocenters. The molecular weight excluding hydrogens is 590 g/mol. The maximum absolute atomic E-state index is 12.8. The van der Waals surface area contributed by atoms with Gasteiger partial charge < -0.3 is 23.7 Å². The van der Waals surface area contributed by atoms with Crippen molar-refractivity contribution in [1.82, 2.24) is 4.90 Å². The third-order valence-electron chi connectivity index (χ3n) is 13.0. The maximum Gasteiger partial charge on any atom is 0.305 e. The van der Waals surface area contributed by atoms with Crippen LogP contribution in [-0.2, 0) is 42.9 Å². The molecule has 0 aromatic rings. The first-order valence-electron chi connectivity index (χ1n) is 17.8. The Morgan fingerprint density at radius 1 is 0.870 bits per heavy atom. The summed E-state index contributed by atoms with van der Waals surface area (Å²) >= 11 is 0. The summed E-state index contributed by atoms with van der Waals surface area (Å²) in [6.45, 7) is 15.7. The van der Waals surface area contributed by atoms with E-state index in [0.717, 1.165) is 84.2 Å². The van der Waals surface area contributed by atoms with Crippen LogP contribution in [0.4, 0.5) is 0 Å². The van der Waals surface area contributed by atoms with Gasteiger partial charge in [-0.3, -0.25) is 24.1 Å². The molecule has 10 nitrogen and oxygen atoms in total. The van der Waals surface area contributed by atoms with Crippen LogP contribution in [0.2, 0.25) is 0 Å². The van der Waals surface area contributed by atoms with E-state index in [9.17, 15) is 19.2 Å². The van der Waals surface area contributed by atoms with Crippen molar-refractivity contribution in [2.75, 3.05) is 39.5 Å². The summed E-state index contributed by atoms with van der Waals surface area (Å²) in [5.74, 6) is 0.376. The van der Waals surface area contributed by atoms with Crippen LogP contribution in [0.3, 0.4) is 0 Å². The number of carbonyl (C=O) groups is 4. The topological polar surface area (TPSA) is 118 Å². The van der Waals surface area contributed by atoms with Crippen LogP contribution < -0.4 is 0 Å². The minimum Gasteiger partial charge on any atom is -0.464 e. The van der Waals surface area contributed by atoms with Crippen LogP contribution >= 0.6 is 0 Å². The van der Waals surface area contributed by atoms with Gasteiger partial charge in [0.15, 0.2) is 0 Å². The predicted octanol–water partition coefficient (Wildman–Crippen LogP) is 4.95. The van der Waals surface area contributed by atoms with Crippen LogP contribution in [0.15, 0.2) is 0 Å². The van der Waals surface area contributed by atoms with E-state index in [1.807, 2.05) is 0 Å². The summed E-state index contributed by atoms with van der Waals surface area (Å²) in [5.41, 5.74) is -0.338. The van der Waals surface area contributed by atoms with Gasteiger partial charge in [-0.2, -0.15) is 0 Å². The van der Waals surface area contributed by atoms with Crippen LogP contribution in [0.5, 0.6) is 0 Å². The van der Waals surface area contributed by atoms with Gasteiger partial charge in [0.05, 0.1) is 13.2 Å². The van der Waals surface area contributed by atoms with Crippen LogP contribution in [0.25, 0.3) is 0 Å². The van der Waals surface area contributed by atoms with E-state index in [2.05, 4.69) is 25.7 Å². The quantitative estimate of drug-likeness (QED) is 0.238. The second-order valence-electron chi connectivity index (χ2n) is 15.5. The van der Waals surface area contributed by atoms with Gasteiger partial charge in [-0.05, 0) is 86.4 Å². The van der Waals surface area contributed by atoms with E-state index < -0.39 is 0 Å². The SMILES string of the molecule is CC(=O)O[C@@H]1CC[C@@]2(C)[C@@H](C1)C[C@@H](OC(C)=O)[C@@H]1[C@@H]2C[C@H](OC(C)=O)[C@]2(C)[C@@H]([C@H](C)CCC(=O)OCCN3CCOCC3)CC[C@@H]12. The zero-order valence-electron chi connectivity index (χ0n) is 28.9. The van der Waals surface area contributed by atoms with E-state index >= 15 is 0 Å². The highest BCUT2D eigenvalue weighted by Gasteiger charge is 2.67. The summed E-state index contributed by atoms with van der Waals surface area (Å²) in [5, 5.41) is 0. The molecule has 0 N–H and O–H groups in total. The monoisotopic (exact) mass is 647 g/mol. The summed E-state index contributed by atoms with van der Waals surface area (Å²) in [6, 6.07) is 0. The van der Waals surface area contributed by atoms with Gasteiger partial charge in [0, 0.05) is 58.2 Å². The molecule has 10 heteroatoms. The third-order valence-corrected chi connectivity index (χ3v) is 13.0. The molecule has 260 valence electrons. The lowest BCUT2D eigenvalue weighted by Gasteiger charge is -2.64. The smallest absolute Gasteiger partial charge is 0.305 e. The van der Waals surface area contributed by atoms with Gasteiger partial charge in [-0.25, -0.2) is 0 Å². The molecule has 4 saturated carbocycles. The molecule has 0 aromatic carbocycles. The van der Waals surface area contributed by atoms with E-state index in [0.29, 0.717) is 13.0 Å². The summed E-state index contributed by atoms with van der Waals surface area (Å²) in [6.07, 6.45) is 6.43. The van der Waals surface area contributed by atoms with E-state index in [1.54, 1.807) is 0 Å². The van der Waals surface area contributed by atoms with Crippen molar-refractivity contribution in [2.45, 2.75) is 118 Å². The lowest BCUT2D eigenvalue weighted by molar-refractivity contribution is -0.224. The summed E-state index contributed by atoms with van der Waals surface area (Å²) in [7, 11) is 0. The molecule has 0 radical (unpaired) electrons. The largest absolute Gasteiger partial charge is 0.464 e. The number of esters is 4. The summed E-state index contributed by atoms with van der Waals surface area (Å²) in [4.78, 5) is 51.9. The fourth-order valence-corrected chi connectivity index (χ4v) is 10.8. The van der Waals surface area contributed by atoms with Crippen molar-refractivity contribution in [3.63, 3.8) is 0 Å². The van der Waals surface area contributed by atoms with Crippen molar-refractivity contribution < 1.29 is 42.9 Å². The second kappa shape index (κ2) is 14.5. The van der Waals surface area contributed by atoms with Gasteiger partial charge in [-0.15, -0.1) is 0 Å². The highest BCUT2D eigenvalue weighted by atomic mass is 16.6. The van der Waals surface area contributed by atoms with Crippen LogP contribution in [0.1, 0.15) is 99.3 Å². The Kier molecular flexibility index (Phi) is 11.1. The molecule has 1 saturated heterocycles. The number of rotatable bonds is 10. The highest BCUT2D eigenvalue weighted by Crippen LogP contribution is 2.69. The Labute approximate surface area is 274 Å². The van der Waals surface area contributed by atoms with Gasteiger partial charge >= 0.3 is 23.9 Å². The van der Waals surface area contributed by atoms with E-state index in [4.69, 9.17) is 23.7 Å². The zero-order chi connectivity index (χ0) is 33.2. The molecule has 1 aliphatic heterocycles. The number of fused-ring (bicyclic) bond motifs is 5. The normalized spacial score (nSPS) is 39.6. The Bertz CT molecular complexity index is 1120. The minimum atomic E-state index is -0.303. The van der Waals surface area contributed by atoms with Crippen molar-refractivity contribution in [2.24, 2.45) is 46.3 Å². The van der Waals surface area contributed by atoms with Crippen molar-refractivity contribution in [3.05, 3.63) is 0 Å². The highest BCUT2D eigenvalue weighted by molar-refractivity contribution is 5.69. The molecule has 0 spiro atoms. The standard InChI is InChI=1S/C36H57NO9/c1-22(7-10-33(41)43-18-15-37-13-16-42-17-14-37)28-8-9-29-34-30(21-32(36(28,29)6)46-25(4)40)35(5)12-11-27(44-23(2)38)19-26(35)20-31(34)45-24(3)39/h22,26-32,34H,7-21H2,1-6H3/t22-,26+,27-,28-,29+,30+,31-,32+,34+,35+,36-/m1/s1. The molecule has 5 rings (SSSR count). The molecule has 0 bridgehead atoms. The van der Waals surface area contributed by atoms with Gasteiger partial charge in [0.25, 0.3) is 0 Å². The number of nitrogens with zero attached hydrogens (tertiary/aromatic N) is 1. The van der Waals surface area contributed by atoms with Gasteiger partial charge in [0.2, 0.25) is 0 Å². The Hall–Kier alpha value is -2.20. The average Bonchev–Trinajstić information content (AvgIpc) is 3.35. The Balaban J connectivity index is 1.32. The Morgan fingerprint density at radius 3 is 2.24 bits per heavy atom.